The minimum absolute atomic E-state index is 0.0126. The number of rotatable bonds is 5. The number of hydrogen-bond donors (Lipinski definition) is 1. The number of hydrogen-bond acceptors (Lipinski definition) is 4. The van der Waals surface area contributed by atoms with E-state index < -0.39 is 0 Å². The average Bonchev–Trinajstić information content (AvgIpc) is 3.01. The van der Waals surface area contributed by atoms with Crippen molar-refractivity contribution in [2.75, 3.05) is 39.5 Å². The molecule has 1 atom stereocenters. The summed E-state index contributed by atoms with van der Waals surface area (Å²) in [6, 6.07) is 4.10. The van der Waals surface area contributed by atoms with Gasteiger partial charge in [0, 0.05) is 32.7 Å². The molecule has 0 aliphatic carbocycles. The Balaban J connectivity index is 1.47. The van der Waals surface area contributed by atoms with Crippen LogP contribution < -0.4 is 5.32 Å². The molecule has 24 heavy (non-hydrogen) atoms. The molecule has 1 aromatic heterocycles. The Morgan fingerprint density at radius 1 is 1.25 bits per heavy atom. The lowest BCUT2D eigenvalue weighted by Crippen LogP contribution is -2.53. The number of urea groups is 1. The lowest BCUT2D eigenvalue weighted by Gasteiger charge is -2.38. The summed E-state index contributed by atoms with van der Waals surface area (Å²) < 4.78 is 16.6. The van der Waals surface area contributed by atoms with Gasteiger partial charge < -0.3 is 24.1 Å². The van der Waals surface area contributed by atoms with Crippen molar-refractivity contribution in [3.05, 3.63) is 23.7 Å². The predicted octanol–water partition coefficient (Wildman–Crippen LogP) is 2.36. The second kappa shape index (κ2) is 8.53. The fourth-order valence-electron chi connectivity index (χ4n) is 3.50. The molecule has 3 heterocycles. The van der Waals surface area contributed by atoms with Gasteiger partial charge in [0.05, 0.1) is 19.3 Å². The monoisotopic (exact) mass is 336 g/mol. The van der Waals surface area contributed by atoms with E-state index in [1.807, 2.05) is 24.0 Å². The highest BCUT2D eigenvalue weighted by atomic mass is 16.5. The highest BCUT2D eigenvalue weighted by Crippen LogP contribution is 2.24. The third-order valence-electron chi connectivity index (χ3n) is 4.88. The first-order valence-corrected chi connectivity index (χ1v) is 8.97. The van der Waals surface area contributed by atoms with Crippen molar-refractivity contribution in [2.45, 2.75) is 38.6 Å². The summed E-state index contributed by atoms with van der Waals surface area (Å²) in [5.41, 5.74) is 0. The number of morpholine rings is 1. The van der Waals surface area contributed by atoms with Crippen LogP contribution in [0.4, 0.5) is 4.79 Å². The number of carbonyl (C=O) groups is 1. The number of ether oxygens (including phenoxy) is 2. The topological polar surface area (TPSA) is 63.9 Å². The Labute approximate surface area is 143 Å². The van der Waals surface area contributed by atoms with Crippen LogP contribution in [0.5, 0.6) is 0 Å². The van der Waals surface area contributed by atoms with E-state index in [4.69, 9.17) is 13.9 Å². The standard InChI is InChI=1S/C18H28N2O4/c1-14-2-3-17(24-14)4-7-19-18(21)20-8-11-23-13-16(20)12-15-5-9-22-10-6-15/h2-3,15-16H,4-13H2,1H3,(H,19,21)/t16-/m0/s1. The fraction of sp³-hybridized carbons (Fsp3) is 0.722. The maximum atomic E-state index is 12.5. The molecule has 0 aromatic carbocycles. The third-order valence-corrected chi connectivity index (χ3v) is 4.88. The van der Waals surface area contributed by atoms with Gasteiger partial charge in [-0.2, -0.15) is 0 Å². The first-order chi connectivity index (χ1) is 11.7. The largest absolute Gasteiger partial charge is 0.466 e. The Morgan fingerprint density at radius 3 is 2.83 bits per heavy atom. The van der Waals surface area contributed by atoms with Crippen molar-refractivity contribution in [3.63, 3.8) is 0 Å². The molecule has 2 aliphatic rings. The van der Waals surface area contributed by atoms with Gasteiger partial charge in [0.2, 0.25) is 0 Å². The zero-order valence-corrected chi connectivity index (χ0v) is 14.5. The number of carbonyl (C=O) groups excluding carboxylic acids is 1. The van der Waals surface area contributed by atoms with Gasteiger partial charge in [0.1, 0.15) is 11.5 Å². The maximum Gasteiger partial charge on any atom is 0.317 e. The molecule has 0 radical (unpaired) electrons. The van der Waals surface area contributed by atoms with Crippen LogP contribution >= 0.6 is 0 Å². The minimum atomic E-state index is 0.0126. The summed E-state index contributed by atoms with van der Waals surface area (Å²) in [7, 11) is 0. The minimum Gasteiger partial charge on any atom is -0.466 e. The Hall–Kier alpha value is -1.53. The van der Waals surface area contributed by atoms with Gasteiger partial charge in [-0.05, 0) is 44.2 Å². The van der Waals surface area contributed by atoms with Gasteiger partial charge in [0.15, 0.2) is 0 Å². The van der Waals surface area contributed by atoms with E-state index in [2.05, 4.69) is 5.32 Å². The number of furan rings is 1. The second-order valence-electron chi connectivity index (χ2n) is 6.71. The van der Waals surface area contributed by atoms with Crippen molar-refractivity contribution in [3.8, 4) is 0 Å². The molecule has 134 valence electrons. The summed E-state index contributed by atoms with van der Waals surface area (Å²) in [6.45, 7) is 6.13. The Kier molecular flexibility index (Phi) is 6.15. The number of amides is 2. The first kappa shape index (κ1) is 17.3. The van der Waals surface area contributed by atoms with Gasteiger partial charge in [0.25, 0.3) is 0 Å². The average molecular weight is 336 g/mol. The molecule has 2 saturated heterocycles. The summed E-state index contributed by atoms with van der Waals surface area (Å²) in [5.74, 6) is 2.45. The normalized spacial score (nSPS) is 22.5. The van der Waals surface area contributed by atoms with Crippen molar-refractivity contribution >= 4 is 6.03 Å². The first-order valence-electron chi connectivity index (χ1n) is 8.97. The van der Waals surface area contributed by atoms with Crippen LogP contribution in [0.25, 0.3) is 0 Å². The smallest absolute Gasteiger partial charge is 0.317 e. The molecule has 1 aromatic rings. The zero-order valence-electron chi connectivity index (χ0n) is 14.5. The number of nitrogens with one attached hydrogen (secondary N) is 1. The van der Waals surface area contributed by atoms with Crippen molar-refractivity contribution in [2.24, 2.45) is 5.92 Å². The SMILES string of the molecule is Cc1ccc(CCNC(=O)N2CCOC[C@@H]2CC2CCOCC2)o1. The van der Waals surface area contributed by atoms with Gasteiger partial charge >= 0.3 is 6.03 Å². The maximum absolute atomic E-state index is 12.5. The fourth-order valence-corrected chi connectivity index (χ4v) is 3.50. The van der Waals surface area contributed by atoms with Gasteiger partial charge in [-0.25, -0.2) is 4.79 Å². The summed E-state index contributed by atoms with van der Waals surface area (Å²) in [4.78, 5) is 14.5. The lowest BCUT2D eigenvalue weighted by molar-refractivity contribution is -0.00740. The summed E-state index contributed by atoms with van der Waals surface area (Å²) in [5, 5.41) is 3.02. The second-order valence-corrected chi connectivity index (χ2v) is 6.71. The van der Waals surface area contributed by atoms with E-state index in [1.54, 1.807) is 0 Å². The predicted molar refractivity (Wildman–Crippen MR) is 90.0 cm³/mol. The molecule has 0 unspecified atom stereocenters. The molecule has 2 fully saturated rings. The highest BCUT2D eigenvalue weighted by Gasteiger charge is 2.30. The highest BCUT2D eigenvalue weighted by molar-refractivity contribution is 5.74. The van der Waals surface area contributed by atoms with Crippen LogP contribution in [0.2, 0.25) is 0 Å². The molecule has 0 spiro atoms. The van der Waals surface area contributed by atoms with E-state index in [0.717, 1.165) is 44.0 Å². The van der Waals surface area contributed by atoms with Crippen LogP contribution in [0.15, 0.2) is 16.5 Å². The van der Waals surface area contributed by atoms with E-state index in [-0.39, 0.29) is 12.1 Å². The van der Waals surface area contributed by atoms with Gasteiger partial charge in [-0.15, -0.1) is 0 Å². The van der Waals surface area contributed by atoms with Crippen LogP contribution in [0, 0.1) is 12.8 Å². The van der Waals surface area contributed by atoms with Crippen molar-refractivity contribution < 1.29 is 18.7 Å². The van der Waals surface area contributed by atoms with Crippen LogP contribution in [0.3, 0.4) is 0 Å². The molecule has 3 rings (SSSR count). The van der Waals surface area contributed by atoms with Crippen LogP contribution in [-0.4, -0.2) is 56.5 Å². The molecule has 2 amide bonds. The molecule has 2 aliphatic heterocycles. The molecule has 6 heteroatoms. The van der Waals surface area contributed by atoms with E-state index in [9.17, 15) is 4.79 Å². The van der Waals surface area contributed by atoms with Crippen molar-refractivity contribution in [1.29, 1.82) is 0 Å². The Bertz CT molecular complexity index is 525. The molecule has 1 N–H and O–H groups in total. The lowest BCUT2D eigenvalue weighted by atomic mass is 9.92. The van der Waals surface area contributed by atoms with E-state index in [1.165, 1.54) is 0 Å². The zero-order chi connectivity index (χ0) is 16.8. The van der Waals surface area contributed by atoms with Crippen molar-refractivity contribution in [1.82, 2.24) is 10.2 Å². The molecular formula is C18H28N2O4. The summed E-state index contributed by atoms with van der Waals surface area (Å²) in [6.07, 6.45) is 3.90. The van der Waals surface area contributed by atoms with Gasteiger partial charge in [-0.1, -0.05) is 0 Å². The number of nitrogens with zero attached hydrogens (tertiary/aromatic N) is 1. The van der Waals surface area contributed by atoms with Crippen LogP contribution in [0.1, 0.15) is 30.8 Å². The molecule has 6 nitrogen and oxygen atoms in total. The summed E-state index contributed by atoms with van der Waals surface area (Å²) >= 11 is 0. The quantitative estimate of drug-likeness (QED) is 0.896. The van der Waals surface area contributed by atoms with E-state index in [0.29, 0.717) is 38.6 Å². The molecule has 0 saturated carbocycles. The van der Waals surface area contributed by atoms with E-state index >= 15 is 0 Å². The van der Waals surface area contributed by atoms with Gasteiger partial charge in [-0.3, -0.25) is 0 Å². The Morgan fingerprint density at radius 2 is 2.08 bits per heavy atom. The molecule has 0 bridgehead atoms. The third kappa shape index (κ3) is 4.74. The van der Waals surface area contributed by atoms with Crippen LogP contribution in [-0.2, 0) is 15.9 Å². The number of aryl methyl sites for hydroxylation is 1. The molecular weight excluding hydrogens is 308 g/mol.